The standard InChI is InChI=1S/C23H26N2O4S/c1-2-12-6-9-16-18(10-12)30-19(11-17(26)14-4-3-5-15(14)23(27)28)20(16)22-24-21(25-29-22)13-7-8-13/h12-13H,2-11H2,1H3,(H,27,28). The zero-order valence-electron chi connectivity index (χ0n) is 17.2. The average molecular weight is 427 g/mol. The number of aromatic nitrogens is 2. The first kappa shape index (κ1) is 19.7. The topological polar surface area (TPSA) is 93.3 Å². The van der Waals surface area contributed by atoms with E-state index in [2.05, 4.69) is 17.1 Å². The maximum atomic E-state index is 13.1. The number of fused-ring (bicyclic) bond motifs is 1. The average Bonchev–Trinajstić information content (AvgIpc) is 3.16. The minimum absolute atomic E-state index is 0.0706. The largest absolute Gasteiger partial charge is 0.478 e. The van der Waals surface area contributed by atoms with Crippen LogP contribution in [0.5, 0.6) is 0 Å². The third-order valence-electron chi connectivity index (χ3n) is 6.75. The molecule has 1 N–H and O–H groups in total. The van der Waals surface area contributed by atoms with Crippen LogP contribution in [0.15, 0.2) is 15.7 Å². The van der Waals surface area contributed by atoms with E-state index >= 15 is 0 Å². The van der Waals surface area contributed by atoms with Gasteiger partial charge in [-0.2, -0.15) is 4.98 Å². The molecule has 158 valence electrons. The molecule has 2 heterocycles. The summed E-state index contributed by atoms with van der Waals surface area (Å²) < 4.78 is 5.66. The van der Waals surface area contributed by atoms with Crippen LogP contribution in [0, 0.1) is 5.92 Å². The van der Waals surface area contributed by atoms with E-state index in [9.17, 15) is 14.7 Å². The number of hydrogen-bond acceptors (Lipinski definition) is 6. The molecule has 1 saturated carbocycles. The minimum Gasteiger partial charge on any atom is -0.478 e. The minimum atomic E-state index is -0.960. The van der Waals surface area contributed by atoms with Gasteiger partial charge in [0, 0.05) is 33.2 Å². The molecule has 7 heteroatoms. The highest BCUT2D eigenvalue weighted by atomic mass is 32.1. The summed E-state index contributed by atoms with van der Waals surface area (Å²) in [5.41, 5.74) is 3.00. The maximum Gasteiger partial charge on any atom is 0.331 e. The van der Waals surface area contributed by atoms with Crippen molar-refractivity contribution in [2.24, 2.45) is 5.92 Å². The molecule has 0 saturated heterocycles. The van der Waals surface area contributed by atoms with Gasteiger partial charge in [0.05, 0.1) is 5.56 Å². The van der Waals surface area contributed by atoms with Crippen molar-refractivity contribution in [1.82, 2.24) is 10.1 Å². The van der Waals surface area contributed by atoms with Crippen molar-refractivity contribution in [3.63, 3.8) is 0 Å². The van der Waals surface area contributed by atoms with Crippen LogP contribution in [-0.4, -0.2) is 27.0 Å². The summed E-state index contributed by atoms with van der Waals surface area (Å²) in [6.07, 6.45) is 8.51. The van der Waals surface area contributed by atoms with E-state index in [-0.39, 0.29) is 12.2 Å². The molecule has 0 amide bonds. The lowest BCUT2D eigenvalue weighted by atomic mass is 9.85. The van der Waals surface area contributed by atoms with Crippen LogP contribution >= 0.6 is 11.3 Å². The highest BCUT2D eigenvalue weighted by Gasteiger charge is 2.33. The highest BCUT2D eigenvalue weighted by molar-refractivity contribution is 7.12. The number of carboxylic acid groups (broad SMARTS) is 1. The van der Waals surface area contributed by atoms with Gasteiger partial charge in [0.1, 0.15) is 0 Å². The van der Waals surface area contributed by atoms with Crippen molar-refractivity contribution in [1.29, 1.82) is 0 Å². The number of aliphatic carboxylic acids is 1. The number of nitrogens with zero attached hydrogens (tertiary/aromatic N) is 2. The molecule has 0 spiro atoms. The molecular formula is C23H26N2O4S. The second-order valence-corrected chi connectivity index (χ2v) is 9.96. The normalized spacial score (nSPS) is 21.2. The molecule has 0 bridgehead atoms. The van der Waals surface area contributed by atoms with E-state index in [1.54, 1.807) is 11.3 Å². The molecule has 1 fully saturated rings. The SMILES string of the molecule is CCC1CCc2c(sc(CC(=O)C3=C(C(=O)O)CCC3)c2-c2nc(C3CC3)no2)C1. The number of Topliss-reactive ketones (excluding diaryl/α,β-unsaturated/α-hetero) is 1. The summed E-state index contributed by atoms with van der Waals surface area (Å²) in [4.78, 5) is 31.6. The van der Waals surface area contributed by atoms with Crippen molar-refractivity contribution in [2.45, 2.75) is 77.0 Å². The summed E-state index contributed by atoms with van der Waals surface area (Å²) in [7, 11) is 0. The van der Waals surface area contributed by atoms with Crippen LogP contribution in [0.2, 0.25) is 0 Å². The third-order valence-corrected chi connectivity index (χ3v) is 8.00. The first-order valence-electron chi connectivity index (χ1n) is 11.0. The Morgan fingerprint density at radius 3 is 2.70 bits per heavy atom. The van der Waals surface area contributed by atoms with Crippen LogP contribution in [0.3, 0.4) is 0 Å². The van der Waals surface area contributed by atoms with Crippen molar-refractivity contribution >= 4 is 23.1 Å². The van der Waals surface area contributed by atoms with Crippen LogP contribution < -0.4 is 0 Å². The Kier molecular flexibility index (Phi) is 5.09. The van der Waals surface area contributed by atoms with Gasteiger partial charge >= 0.3 is 5.97 Å². The number of carbonyl (C=O) groups is 2. The fourth-order valence-corrected chi connectivity index (χ4v) is 6.28. The van der Waals surface area contributed by atoms with Gasteiger partial charge in [-0.1, -0.05) is 18.5 Å². The highest BCUT2D eigenvalue weighted by Crippen LogP contribution is 2.44. The van der Waals surface area contributed by atoms with Gasteiger partial charge < -0.3 is 9.63 Å². The van der Waals surface area contributed by atoms with Crippen LogP contribution in [0.4, 0.5) is 0 Å². The van der Waals surface area contributed by atoms with Gasteiger partial charge in [0.2, 0.25) is 0 Å². The molecular weight excluding hydrogens is 400 g/mol. The zero-order chi connectivity index (χ0) is 20.8. The van der Waals surface area contributed by atoms with Crippen molar-refractivity contribution in [3.8, 4) is 11.5 Å². The lowest BCUT2D eigenvalue weighted by Crippen LogP contribution is -2.12. The second kappa shape index (κ2) is 7.76. The third kappa shape index (κ3) is 3.53. The fraction of sp³-hybridized carbons (Fsp3) is 0.565. The lowest BCUT2D eigenvalue weighted by molar-refractivity contribution is -0.133. The van der Waals surface area contributed by atoms with Gasteiger partial charge in [-0.3, -0.25) is 4.79 Å². The van der Waals surface area contributed by atoms with Crippen molar-refractivity contribution in [2.75, 3.05) is 0 Å². The molecule has 1 atom stereocenters. The number of carboxylic acids is 1. The van der Waals surface area contributed by atoms with Crippen molar-refractivity contribution in [3.05, 3.63) is 32.3 Å². The molecule has 1 unspecified atom stereocenters. The molecule has 6 nitrogen and oxygen atoms in total. The Morgan fingerprint density at radius 2 is 1.97 bits per heavy atom. The molecule has 3 aliphatic rings. The number of carbonyl (C=O) groups excluding carboxylic acids is 1. The fourth-order valence-electron chi connectivity index (χ4n) is 4.82. The monoisotopic (exact) mass is 426 g/mol. The summed E-state index contributed by atoms with van der Waals surface area (Å²) >= 11 is 1.69. The number of hydrogen-bond donors (Lipinski definition) is 1. The predicted octanol–water partition coefficient (Wildman–Crippen LogP) is 4.87. The van der Waals surface area contributed by atoms with E-state index < -0.39 is 5.97 Å². The molecule has 5 rings (SSSR count). The number of allylic oxidation sites excluding steroid dienone is 1. The van der Waals surface area contributed by atoms with Gasteiger partial charge in [-0.25, -0.2) is 4.79 Å². The van der Waals surface area contributed by atoms with E-state index in [4.69, 9.17) is 4.52 Å². The van der Waals surface area contributed by atoms with Crippen LogP contribution in [0.25, 0.3) is 11.5 Å². The Hall–Kier alpha value is -2.28. The van der Waals surface area contributed by atoms with E-state index in [1.165, 1.54) is 10.4 Å². The van der Waals surface area contributed by atoms with E-state index in [0.717, 1.165) is 61.2 Å². The summed E-state index contributed by atoms with van der Waals surface area (Å²) in [6.45, 7) is 2.23. The number of rotatable bonds is 7. The number of thiophene rings is 1. The molecule has 2 aromatic rings. The van der Waals surface area contributed by atoms with E-state index in [1.807, 2.05) is 0 Å². The van der Waals surface area contributed by atoms with Crippen LogP contribution in [-0.2, 0) is 28.9 Å². The predicted molar refractivity (Wildman–Crippen MR) is 113 cm³/mol. The Morgan fingerprint density at radius 1 is 1.17 bits per heavy atom. The van der Waals surface area contributed by atoms with E-state index in [0.29, 0.717) is 41.7 Å². The Bertz CT molecular complexity index is 1040. The summed E-state index contributed by atoms with van der Waals surface area (Å²) in [6, 6.07) is 0. The maximum absolute atomic E-state index is 13.1. The molecule has 0 aromatic carbocycles. The zero-order valence-corrected chi connectivity index (χ0v) is 18.0. The second-order valence-electron chi connectivity index (χ2n) is 8.77. The molecule has 0 aliphatic heterocycles. The lowest BCUT2D eigenvalue weighted by Gasteiger charge is -2.20. The van der Waals surface area contributed by atoms with Crippen LogP contribution in [0.1, 0.15) is 78.9 Å². The van der Waals surface area contributed by atoms with Gasteiger partial charge in [0.25, 0.3) is 5.89 Å². The quantitative estimate of drug-likeness (QED) is 0.679. The molecule has 0 radical (unpaired) electrons. The smallest absolute Gasteiger partial charge is 0.331 e. The molecule has 3 aliphatic carbocycles. The first-order valence-corrected chi connectivity index (χ1v) is 11.8. The van der Waals surface area contributed by atoms with Gasteiger partial charge in [-0.05, 0) is 62.8 Å². The first-order chi connectivity index (χ1) is 14.5. The molecule has 30 heavy (non-hydrogen) atoms. The molecule has 2 aromatic heterocycles. The summed E-state index contributed by atoms with van der Waals surface area (Å²) in [5, 5.41) is 13.6. The number of ketones is 1. The summed E-state index contributed by atoms with van der Waals surface area (Å²) in [5.74, 6) is 1.36. The Labute approximate surface area is 179 Å². The van der Waals surface area contributed by atoms with Crippen molar-refractivity contribution < 1.29 is 19.2 Å². The Balaban J connectivity index is 1.52. The van der Waals surface area contributed by atoms with Gasteiger partial charge in [-0.15, -0.1) is 11.3 Å². The van der Waals surface area contributed by atoms with Gasteiger partial charge in [0.15, 0.2) is 11.6 Å².